The SMILES string of the molecule is C.C.CC.CC.CC(=O)COCN1CCN(C(c2ccccc2)c2ccccc2)CC1. The van der Waals surface area contributed by atoms with Crippen LogP contribution in [0.3, 0.4) is 0 Å². The van der Waals surface area contributed by atoms with Gasteiger partial charge in [0.15, 0.2) is 5.78 Å². The number of carbonyl (C=O) groups is 1. The lowest BCUT2D eigenvalue weighted by Crippen LogP contribution is -2.48. The van der Waals surface area contributed by atoms with Crippen molar-refractivity contribution in [3.63, 3.8) is 0 Å². The summed E-state index contributed by atoms with van der Waals surface area (Å²) in [5.74, 6) is 0.0758. The highest BCUT2D eigenvalue weighted by molar-refractivity contribution is 5.76. The van der Waals surface area contributed by atoms with Crippen molar-refractivity contribution in [3.8, 4) is 0 Å². The summed E-state index contributed by atoms with van der Waals surface area (Å²) in [5, 5.41) is 0. The van der Waals surface area contributed by atoms with E-state index in [1.807, 2.05) is 27.7 Å². The fourth-order valence-corrected chi connectivity index (χ4v) is 3.35. The van der Waals surface area contributed by atoms with Crippen molar-refractivity contribution in [2.75, 3.05) is 39.5 Å². The molecule has 0 bridgehead atoms. The van der Waals surface area contributed by atoms with Crippen LogP contribution >= 0.6 is 0 Å². The highest BCUT2D eigenvalue weighted by Gasteiger charge is 2.26. The Morgan fingerprint density at radius 1 is 0.806 bits per heavy atom. The van der Waals surface area contributed by atoms with Gasteiger partial charge >= 0.3 is 0 Å². The number of rotatable bonds is 7. The molecule has 0 amide bonds. The predicted molar refractivity (Wildman–Crippen MR) is 136 cm³/mol. The highest BCUT2D eigenvalue weighted by atomic mass is 16.5. The zero-order chi connectivity index (χ0) is 21.5. The highest BCUT2D eigenvalue weighted by Crippen LogP contribution is 2.29. The van der Waals surface area contributed by atoms with E-state index in [0.29, 0.717) is 6.73 Å². The van der Waals surface area contributed by atoms with E-state index in [9.17, 15) is 4.79 Å². The van der Waals surface area contributed by atoms with Crippen LogP contribution in [0.4, 0.5) is 0 Å². The fraction of sp³-hybridized carbons (Fsp3) is 0.519. The molecule has 4 nitrogen and oxygen atoms in total. The first-order valence-corrected chi connectivity index (χ1v) is 10.9. The number of nitrogens with zero attached hydrogens (tertiary/aromatic N) is 2. The number of hydrogen-bond acceptors (Lipinski definition) is 4. The van der Waals surface area contributed by atoms with Crippen molar-refractivity contribution >= 4 is 5.78 Å². The molecule has 2 aromatic rings. The molecule has 1 aliphatic rings. The van der Waals surface area contributed by atoms with Crippen LogP contribution in [0.25, 0.3) is 0 Å². The first kappa shape index (κ1) is 31.2. The molecule has 2 aromatic carbocycles. The average Bonchev–Trinajstić information content (AvgIpc) is 2.79. The van der Waals surface area contributed by atoms with Gasteiger partial charge < -0.3 is 4.74 Å². The van der Waals surface area contributed by atoms with Crippen LogP contribution in [0.1, 0.15) is 66.6 Å². The summed E-state index contributed by atoms with van der Waals surface area (Å²) in [4.78, 5) is 15.8. The van der Waals surface area contributed by atoms with Crippen molar-refractivity contribution in [3.05, 3.63) is 71.8 Å². The van der Waals surface area contributed by atoms with E-state index < -0.39 is 0 Å². The third-order valence-electron chi connectivity index (χ3n) is 4.58. The number of Topliss-reactive ketones (excluding diaryl/α,β-unsaturated/α-hetero) is 1. The molecule has 4 heteroatoms. The molecule has 31 heavy (non-hydrogen) atoms. The van der Waals surface area contributed by atoms with Crippen LogP contribution in [0, 0.1) is 0 Å². The third kappa shape index (κ3) is 10.7. The molecular formula is C27H46N2O2. The second kappa shape index (κ2) is 18.7. The monoisotopic (exact) mass is 430 g/mol. The Kier molecular flexibility index (Phi) is 18.8. The Balaban J connectivity index is 0. The Bertz CT molecular complexity index is 614. The van der Waals surface area contributed by atoms with Crippen molar-refractivity contribution in [1.82, 2.24) is 9.80 Å². The van der Waals surface area contributed by atoms with E-state index in [1.54, 1.807) is 6.92 Å². The zero-order valence-corrected chi connectivity index (χ0v) is 18.8. The molecule has 176 valence electrons. The number of piperazine rings is 1. The minimum atomic E-state index is 0. The van der Waals surface area contributed by atoms with Crippen LogP contribution < -0.4 is 0 Å². The maximum atomic E-state index is 11.0. The number of carbonyl (C=O) groups excluding carboxylic acids is 1. The van der Waals surface area contributed by atoms with Gasteiger partial charge in [-0.2, -0.15) is 0 Å². The zero-order valence-electron chi connectivity index (χ0n) is 18.8. The van der Waals surface area contributed by atoms with Gasteiger partial charge in [-0.1, -0.05) is 103 Å². The topological polar surface area (TPSA) is 32.8 Å². The first-order chi connectivity index (χ1) is 14.2. The van der Waals surface area contributed by atoms with Crippen molar-refractivity contribution in [1.29, 1.82) is 0 Å². The molecule has 0 spiro atoms. The fourth-order valence-electron chi connectivity index (χ4n) is 3.35. The molecule has 0 radical (unpaired) electrons. The summed E-state index contributed by atoms with van der Waals surface area (Å²) in [7, 11) is 0. The van der Waals surface area contributed by atoms with Gasteiger partial charge in [-0.15, -0.1) is 0 Å². The Morgan fingerprint density at radius 2 is 1.23 bits per heavy atom. The Morgan fingerprint density at radius 3 is 1.61 bits per heavy atom. The van der Waals surface area contributed by atoms with E-state index in [2.05, 4.69) is 70.5 Å². The summed E-state index contributed by atoms with van der Waals surface area (Å²) in [6.45, 7) is 14.2. The largest absolute Gasteiger partial charge is 0.358 e. The second-order valence-electron chi connectivity index (χ2n) is 6.56. The lowest BCUT2D eigenvalue weighted by Gasteiger charge is -2.39. The molecule has 0 saturated carbocycles. The molecule has 0 aliphatic carbocycles. The van der Waals surface area contributed by atoms with Gasteiger partial charge in [0.05, 0.1) is 12.8 Å². The van der Waals surface area contributed by atoms with Crippen molar-refractivity contribution in [2.24, 2.45) is 0 Å². The molecule has 1 aliphatic heterocycles. The number of benzene rings is 2. The van der Waals surface area contributed by atoms with Crippen LogP contribution in [0.2, 0.25) is 0 Å². The number of hydrogen-bond donors (Lipinski definition) is 0. The molecule has 0 atom stereocenters. The maximum Gasteiger partial charge on any atom is 0.155 e. The van der Waals surface area contributed by atoms with Gasteiger partial charge in [0.1, 0.15) is 6.61 Å². The minimum Gasteiger partial charge on any atom is -0.358 e. The Labute approximate surface area is 192 Å². The van der Waals surface area contributed by atoms with Crippen molar-refractivity contribution in [2.45, 2.75) is 55.5 Å². The van der Waals surface area contributed by atoms with Crippen LogP contribution in [-0.4, -0.2) is 55.1 Å². The van der Waals surface area contributed by atoms with Crippen LogP contribution in [-0.2, 0) is 9.53 Å². The normalized spacial score (nSPS) is 13.5. The molecule has 3 rings (SSSR count). The quantitative estimate of drug-likeness (QED) is 0.517. The molecular weight excluding hydrogens is 384 g/mol. The van der Waals surface area contributed by atoms with E-state index in [-0.39, 0.29) is 33.3 Å². The number of ketones is 1. The van der Waals surface area contributed by atoms with Gasteiger partial charge in [0.2, 0.25) is 0 Å². The van der Waals surface area contributed by atoms with E-state index in [0.717, 1.165) is 26.2 Å². The van der Waals surface area contributed by atoms with E-state index >= 15 is 0 Å². The van der Waals surface area contributed by atoms with Gasteiger partial charge in [0, 0.05) is 26.2 Å². The minimum absolute atomic E-state index is 0. The lowest BCUT2D eigenvalue weighted by molar-refractivity contribution is -0.123. The predicted octanol–water partition coefficient (Wildman–Crippen LogP) is 6.28. The van der Waals surface area contributed by atoms with E-state index in [1.165, 1.54) is 11.1 Å². The molecule has 0 aromatic heterocycles. The molecule has 0 unspecified atom stereocenters. The second-order valence-corrected chi connectivity index (χ2v) is 6.56. The lowest BCUT2D eigenvalue weighted by atomic mass is 9.96. The van der Waals surface area contributed by atoms with Crippen molar-refractivity contribution < 1.29 is 9.53 Å². The summed E-state index contributed by atoms with van der Waals surface area (Å²) in [6.07, 6.45) is 0. The van der Waals surface area contributed by atoms with Gasteiger partial charge in [-0.3, -0.25) is 14.6 Å². The average molecular weight is 431 g/mol. The first-order valence-electron chi connectivity index (χ1n) is 10.9. The Hall–Kier alpha value is -2.01. The summed E-state index contributed by atoms with van der Waals surface area (Å²) in [5.41, 5.74) is 2.66. The standard InChI is InChI=1S/C21H26N2O2.2C2H6.2CH4/c1-18(24)16-25-17-22-12-14-23(15-13-22)21(19-8-4-2-5-9-19)20-10-6-3-7-11-20;2*1-2;;/h2-11,21H,12-17H2,1H3;2*1-2H3;2*1H4. The third-order valence-corrected chi connectivity index (χ3v) is 4.58. The van der Waals surface area contributed by atoms with Crippen LogP contribution in [0.5, 0.6) is 0 Å². The molecule has 1 saturated heterocycles. The summed E-state index contributed by atoms with van der Waals surface area (Å²) < 4.78 is 5.46. The smallest absolute Gasteiger partial charge is 0.155 e. The van der Waals surface area contributed by atoms with E-state index in [4.69, 9.17) is 4.74 Å². The maximum absolute atomic E-state index is 11.0. The van der Waals surface area contributed by atoms with Gasteiger partial charge in [-0.05, 0) is 18.1 Å². The summed E-state index contributed by atoms with van der Waals surface area (Å²) >= 11 is 0. The number of ether oxygens (including phenoxy) is 1. The van der Waals surface area contributed by atoms with Gasteiger partial charge in [0.25, 0.3) is 0 Å². The molecule has 1 fully saturated rings. The van der Waals surface area contributed by atoms with Gasteiger partial charge in [-0.25, -0.2) is 0 Å². The summed E-state index contributed by atoms with van der Waals surface area (Å²) in [6, 6.07) is 21.7. The molecule has 0 N–H and O–H groups in total. The van der Waals surface area contributed by atoms with Crippen LogP contribution in [0.15, 0.2) is 60.7 Å². The molecule has 1 heterocycles.